The molecule has 0 unspecified atom stereocenters. The highest BCUT2D eigenvalue weighted by molar-refractivity contribution is 7.90. The first-order valence-corrected chi connectivity index (χ1v) is 9.13. The van der Waals surface area contributed by atoms with Crippen LogP contribution in [0.3, 0.4) is 0 Å². The van der Waals surface area contributed by atoms with Crippen LogP contribution in [0, 0.1) is 6.92 Å². The number of hydrogen-bond acceptors (Lipinski definition) is 6. The smallest absolute Gasteiger partial charge is 0.258 e. The molecule has 0 spiro atoms. The van der Waals surface area contributed by atoms with E-state index in [1.807, 2.05) is 6.92 Å². The Balaban J connectivity index is 0.00000192. The molecular weight excluding hydrogens is 338 g/mol. The Hall–Kier alpha value is -1.44. The van der Waals surface area contributed by atoms with Gasteiger partial charge in [0.05, 0.1) is 10.4 Å². The fraction of sp³-hybridized carbons (Fsp3) is 0.467. The largest absolute Gasteiger partial charge is 0.334 e. The predicted octanol–water partition coefficient (Wildman–Crippen LogP) is 2.60. The van der Waals surface area contributed by atoms with Crippen LogP contribution in [-0.4, -0.2) is 24.8 Å². The molecule has 23 heavy (non-hydrogen) atoms. The van der Waals surface area contributed by atoms with E-state index in [2.05, 4.69) is 10.1 Å². The van der Waals surface area contributed by atoms with Crippen molar-refractivity contribution in [3.05, 3.63) is 29.6 Å². The molecule has 2 aromatic rings. The van der Waals surface area contributed by atoms with E-state index in [0.29, 0.717) is 17.3 Å². The minimum Gasteiger partial charge on any atom is -0.334 e. The second-order valence-corrected chi connectivity index (χ2v) is 8.05. The minimum atomic E-state index is -3.29. The fourth-order valence-corrected chi connectivity index (χ4v) is 3.47. The summed E-state index contributed by atoms with van der Waals surface area (Å²) in [5.41, 5.74) is 7.31. The molecule has 0 radical (unpaired) electrons. The second kappa shape index (κ2) is 6.22. The van der Waals surface area contributed by atoms with Gasteiger partial charge in [0.25, 0.3) is 5.89 Å². The monoisotopic (exact) mass is 357 g/mol. The molecule has 0 aliphatic heterocycles. The van der Waals surface area contributed by atoms with Gasteiger partial charge in [-0.25, -0.2) is 8.42 Å². The maximum Gasteiger partial charge on any atom is 0.258 e. The van der Waals surface area contributed by atoms with Crippen LogP contribution < -0.4 is 5.73 Å². The lowest BCUT2D eigenvalue weighted by Crippen LogP contribution is -2.34. The molecule has 0 amide bonds. The zero-order valence-corrected chi connectivity index (χ0v) is 14.7. The topological polar surface area (TPSA) is 99.1 Å². The molecule has 0 saturated heterocycles. The van der Waals surface area contributed by atoms with E-state index >= 15 is 0 Å². The van der Waals surface area contributed by atoms with Crippen LogP contribution in [0.1, 0.15) is 37.1 Å². The summed E-state index contributed by atoms with van der Waals surface area (Å²) >= 11 is 0. The van der Waals surface area contributed by atoms with Gasteiger partial charge in [0.2, 0.25) is 0 Å². The molecule has 1 aliphatic rings. The summed E-state index contributed by atoms with van der Waals surface area (Å²) in [6, 6.07) is 4.88. The lowest BCUT2D eigenvalue weighted by Gasteiger charge is -2.17. The van der Waals surface area contributed by atoms with Gasteiger partial charge in [0.1, 0.15) is 0 Å². The maximum atomic E-state index is 11.7. The van der Waals surface area contributed by atoms with Crippen molar-refractivity contribution in [2.45, 2.75) is 43.0 Å². The summed E-state index contributed by atoms with van der Waals surface area (Å²) in [4.78, 5) is 4.65. The summed E-state index contributed by atoms with van der Waals surface area (Å²) in [5, 5.41) is 4.02. The first-order chi connectivity index (χ1) is 10.3. The third-order valence-electron chi connectivity index (χ3n) is 4.23. The van der Waals surface area contributed by atoms with Gasteiger partial charge in [-0.2, -0.15) is 4.98 Å². The van der Waals surface area contributed by atoms with Crippen molar-refractivity contribution in [2.24, 2.45) is 5.73 Å². The Labute approximate surface area is 141 Å². The molecule has 0 atom stereocenters. The zero-order valence-electron chi connectivity index (χ0n) is 13.1. The number of aryl methyl sites for hydroxylation is 1. The summed E-state index contributed by atoms with van der Waals surface area (Å²) in [7, 11) is -3.29. The summed E-state index contributed by atoms with van der Waals surface area (Å²) in [6.45, 7) is 1.87. The molecule has 0 bridgehead atoms. The standard InChI is InChI=1S/C15H19N3O3S.ClH/c1-10-5-6-11(22(2,19)20)9-12(10)13-17-14(18-21-13)15(16)7-3-4-8-15;/h5-6,9H,3-4,7-8,16H2,1-2H3;1H. The third kappa shape index (κ3) is 3.41. The Morgan fingerprint density at radius 1 is 1.26 bits per heavy atom. The molecule has 6 nitrogen and oxygen atoms in total. The van der Waals surface area contributed by atoms with Gasteiger partial charge in [-0.3, -0.25) is 0 Å². The van der Waals surface area contributed by atoms with E-state index < -0.39 is 15.4 Å². The van der Waals surface area contributed by atoms with Gasteiger partial charge in [-0.15, -0.1) is 12.4 Å². The molecule has 8 heteroatoms. The molecule has 1 aromatic carbocycles. The molecule has 1 fully saturated rings. The van der Waals surface area contributed by atoms with Crippen LogP contribution in [0.4, 0.5) is 0 Å². The SMILES string of the molecule is Cc1ccc(S(C)(=O)=O)cc1-c1nc(C2(N)CCCC2)no1.Cl. The highest BCUT2D eigenvalue weighted by atomic mass is 35.5. The maximum absolute atomic E-state index is 11.7. The van der Waals surface area contributed by atoms with Gasteiger partial charge in [-0.1, -0.05) is 24.1 Å². The molecule has 3 rings (SSSR count). The summed E-state index contributed by atoms with van der Waals surface area (Å²) in [5.74, 6) is 0.818. The molecule has 1 aliphatic carbocycles. The number of hydrogen-bond donors (Lipinski definition) is 1. The van der Waals surface area contributed by atoms with Crippen molar-refractivity contribution in [1.29, 1.82) is 0 Å². The minimum absolute atomic E-state index is 0. The van der Waals surface area contributed by atoms with Crippen molar-refractivity contribution >= 4 is 22.2 Å². The van der Waals surface area contributed by atoms with Crippen molar-refractivity contribution < 1.29 is 12.9 Å². The van der Waals surface area contributed by atoms with Crippen LogP contribution in [0.5, 0.6) is 0 Å². The van der Waals surface area contributed by atoms with Gasteiger partial charge in [-0.05, 0) is 37.5 Å². The average Bonchev–Trinajstić information content (AvgIpc) is 3.07. The lowest BCUT2D eigenvalue weighted by molar-refractivity contribution is 0.372. The van der Waals surface area contributed by atoms with Crippen molar-refractivity contribution in [2.75, 3.05) is 6.26 Å². The van der Waals surface area contributed by atoms with E-state index in [4.69, 9.17) is 10.3 Å². The normalized spacial score (nSPS) is 17.0. The average molecular weight is 358 g/mol. The summed E-state index contributed by atoms with van der Waals surface area (Å²) in [6.07, 6.45) is 4.97. The molecule has 1 heterocycles. The van der Waals surface area contributed by atoms with E-state index in [0.717, 1.165) is 31.2 Å². The highest BCUT2D eigenvalue weighted by Gasteiger charge is 2.36. The molecule has 126 valence electrons. The van der Waals surface area contributed by atoms with Gasteiger partial charge >= 0.3 is 0 Å². The second-order valence-electron chi connectivity index (χ2n) is 6.04. The van der Waals surface area contributed by atoms with Crippen LogP contribution >= 0.6 is 12.4 Å². The predicted molar refractivity (Wildman–Crippen MR) is 89.2 cm³/mol. The van der Waals surface area contributed by atoms with Crippen LogP contribution in [0.2, 0.25) is 0 Å². The Kier molecular flexibility index (Phi) is 4.84. The van der Waals surface area contributed by atoms with E-state index in [1.165, 1.54) is 6.26 Å². The number of rotatable bonds is 3. The van der Waals surface area contributed by atoms with Gasteiger partial charge < -0.3 is 10.3 Å². The van der Waals surface area contributed by atoms with Crippen molar-refractivity contribution in [3.63, 3.8) is 0 Å². The molecule has 1 saturated carbocycles. The van der Waals surface area contributed by atoms with Crippen molar-refractivity contribution in [3.8, 4) is 11.5 Å². The summed E-state index contributed by atoms with van der Waals surface area (Å²) < 4.78 is 28.8. The van der Waals surface area contributed by atoms with E-state index in [-0.39, 0.29) is 17.3 Å². The van der Waals surface area contributed by atoms with Gasteiger partial charge in [0, 0.05) is 11.8 Å². The Bertz CT molecular complexity index is 811. The zero-order chi connectivity index (χ0) is 16.0. The van der Waals surface area contributed by atoms with Crippen LogP contribution in [-0.2, 0) is 15.4 Å². The van der Waals surface area contributed by atoms with Crippen LogP contribution in [0.15, 0.2) is 27.6 Å². The number of aromatic nitrogens is 2. The number of halogens is 1. The number of benzene rings is 1. The number of sulfone groups is 1. The van der Waals surface area contributed by atoms with Crippen molar-refractivity contribution in [1.82, 2.24) is 10.1 Å². The fourth-order valence-electron chi connectivity index (χ4n) is 2.83. The number of nitrogens with zero attached hydrogens (tertiary/aromatic N) is 2. The first kappa shape index (κ1) is 17.9. The van der Waals surface area contributed by atoms with Crippen LogP contribution in [0.25, 0.3) is 11.5 Å². The number of nitrogens with two attached hydrogens (primary N) is 1. The Morgan fingerprint density at radius 3 is 2.52 bits per heavy atom. The molecular formula is C15H20ClN3O3S. The van der Waals surface area contributed by atoms with E-state index in [1.54, 1.807) is 18.2 Å². The van der Waals surface area contributed by atoms with Gasteiger partial charge in [0.15, 0.2) is 15.7 Å². The quantitative estimate of drug-likeness (QED) is 0.906. The molecule has 1 aromatic heterocycles. The lowest BCUT2D eigenvalue weighted by atomic mass is 9.98. The molecule has 2 N–H and O–H groups in total. The Morgan fingerprint density at radius 2 is 1.91 bits per heavy atom. The highest BCUT2D eigenvalue weighted by Crippen LogP contribution is 2.36. The third-order valence-corrected chi connectivity index (χ3v) is 5.34. The van der Waals surface area contributed by atoms with E-state index in [9.17, 15) is 8.42 Å². The first-order valence-electron chi connectivity index (χ1n) is 7.24.